The molecule has 29 heavy (non-hydrogen) atoms. The molecule has 0 aliphatic heterocycles. The number of hydrogen-bond donors (Lipinski definition) is 1. The molecule has 0 spiro atoms. The highest BCUT2D eigenvalue weighted by molar-refractivity contribution is 7.91. The lowest BCUT2D eigenvalue weighted by atomic mass is 10.2. The van der Waals surface area contributed by atoms with Gasteiger partial charge < -0.3 is 9.88 Å². The van der Waals surface area contributed by atoms with Crippen LogP contribution in [0.1, 0.15) is 12.5 Å². The van der Waals surface area contributed by atoms with E-state index in [4.69, 9.17) is 0 Å². The minimum atomic E-state index is -4.54. The molecule has 154 valence electrons. The van der Waals surface area contributed by atoms with Crippen molar-refractivity contribution in [3.05, 3.63) is 36.0 Å². The first kappa shape index (κ1) is 20.7. The maximum absolute atomic E-state index is 13.0. The summed E-state index contributed by atoms with van der Waals surface area (Å²) in [5.41, 5.74) is -0.880. The first-order chi connectivity index (χ1) is 13.6. The molecule has 0 aliphatic carbocycles. The summed E-state index contributed by atoms with van der Waals surface area (Å²) in [6.07, 6.45) is -3.51. The minimum absolute atomic E-state index is 0.0435. The van der Waals surface area contributed by atoms with E-state index >= 15 is 0 Å². The second-order valence-corrected chi connectivity index (χ2v) is 8.28. The Morgan fingerprint density at radius 3 is 2.45 bits per heavy atom. The van der Waals surface area contributed by atoms with Gasteiger partial charge in [0.25, 0.3) is 0 Å². The zero-order valence-electron chi connectivity index (χ0n) is 15.7. The van der Waals surface area contributed by atoms with Crippen LogP contribution in [0.3, 0.4) is 0 Å². The summed E-state index contributed by atoms with van der Waals surface area (Å²) in [7, 11) is -0.513. The third-order valence-electron chi connectivity index (χ3n) is 4.23. The number of aromatic nitrogens is 5. The van der Waals surface area contributed by atoms with Crippen molar-refractivity contribution in [1.29, 1.82) is 0 Å². The van der Waals surface area contributed by atoms with E-state index in [1.165, 1.54) is 30.7 Å². The average molecular weight is 426 g/mol. The molecule has 0 atom stereocenters. The third-order valence-corrected chi connectivity index (χ3v) is 5.99. The molecular formula is C17H17F3N6O2S. The van der Waals surface area contributed by atoms with Gasteiger partial charge in [-0.2, -0.15) is 13.2 Å². The number of anilines is 1. The Balaban J connectivity index is 2.19. The van der Waals surface area contributed by atoms with E-state index in [9.17, 15) is 21.6 Å². The monoisotopic (exact) mass is 426 g/mol. The van der Waals surface area contributed by atoms with Gasteiger partial charge in [0.05, 0.1) is 16.2 Å². The van der Waals surface area contributed by atoms with Gasteiger partial charge in [-0.3, -0.25) is 4.98 Å². The Morgan fingerprint density at radius 2 is 1.83 bits per heavy atom. The topological polar surface area (TPSA) is 103 Å². The van der Waals surface area contributed by atoms with Gasteiger partial charge in [-0.05, 0) is 24.3 Å². The molecule has 0 aromatic carbocycles. The summed E-state index contributed by atoms with van der Waals surface area (Å²) in [5, 5.41) is 10.7. The molecule has 0 radical (unpaired) electrons. The van der Waals surface area contributed by atoms with Crippen LogP contribution in [0.25, 0.3) is 23.0 Å². The molecule has 8 nitrogen and oxygen atoms in total. The Hall–Kier alpha value is -3.02. The van der Waals surface area contributed by atoms with E-state index in [0.717, 1.165) is 18.3 Å². The fourth-order valence-electron chi connectivity index (χ4n) is 2.64. The van der Waals surface area contributed by atoms with Crippen LogP contribution >= 0.6 is 0 Å². The second-order valence-electron chi connectivity index (χ2n) is 6.03. The van der Waals surface area contributed by atoms with Crippen LogP contribution in [0, 0.1) is 0 Å². The molecule has 0 fully saturated rings. The Labute approximate surface area is 164 Å². The van der Waals surface area contributed by atoms with Crippen LogP contribution in [-0.4, -0.2) is 46.0 Å². The summed E-state index contributed by atoms with van der Waals surface area (Å²) in [5.74, 6) is 0.378. The summed E-state index contributed by atoms with van der Waals surface area (Å²) in [6, 6.07) is 4.63. The quantitative estimate of drug-likeness (QED) is 0.669. The van der Waals surface area contributed by atoms with Gasteiger partial charge in [0.2, 0.25) is 0 Å². The van der Waals surface area contributed by atoms with E-state index in [1.807, 2.05) is 0 Å². The fraction of sp³-hybridized carbons (Fsp3) is 0.294. The smallest absolute Gasteiger partial charge is 0.373 e. The van der Waals surface area contributed by atoms with Crippen molar-refractivity contribution in [1.82, 2.24) is 24.7 Å². The van der Waals surface area contributed by atoms with Crippen molar-refractivity contribution in [3.8, 4) is 23.0 Å². The lowest BCUT2D eigenvalue weighted by molar-refractivity contribution is -0.137. The van der Waals surface area contributed by atoms with Crippen molar-refractivity contribution >= 4 is 15.7 Å². The number of nitrogens with one attached hydrogen (secondary N) is 1. The largest absolute Gasteiger partial charge is 0.416 e. The van der Waals surface area contributed by atoms with E-state index in [0.29, 0.717) is 5.82 Å². The highest BCUT2D eigenvalue weighted by atomic mass is 32.2. The Morgan fingerprint density at radius 1 is 1.14 bits per heavy atom. The maximum atomic E-state index is 13.0. The highest BCUT2D eigenvalue weighted by Gasteiger charge is 2.31. The van der Waals surface area contributed by atoms with Crippen molar-refractivity contribution in [2.45, 2.75) is 18.0 Å². The zero-order chi connectivity index (χ0) is 21.4. The average Bonchev–Trinajstić information content (AvgIpc) is 3.08. The standard InChI is InChI=1S/C17H17F3N6O2S/c1-4-29(27,28)12-5-6-13(21-2)23-14(12)16-25-24-15(26(16)3)11-9-10(7-8-22-11)17(18,19)20/h5-9H,4H2,1-3H3,(H,21,23). The summed E-state index contributed by atoms with van der Waals surface area (Å²) in [6.45, 7) is 1.50. The van der Waals surface area contributed by atoms with Crippen LogP contribution in [0.4, 0.5) is 19.0 Å². The lowest BCUT2D eigenvalue weighted by Gasteiger charge is -2.11. The summed E-state index contributed by atoms with van der Waals surface area (Å²) in [4.78, 5) is 8.18. The van der Waals surface area contributed by atoms with Gasteiger partial charge in [0.15, 0.2) is 21.5 Å². The van der Waals surface area contributed by atoms with Gasteiger partial charge in [0, 0.05) is 20.3 Å². The number of halogens is 3. The Bertz CT molecular complexity index is 1160. The van der Waals surface area contributed by atoms with Gasteiger partial charge in [-0.25, -0.2) is 13.4 Å². The van der Waals surface area contributed by atoms with E-state index in [1.54, 1.807) is 7.05 Å². The first-order valence-electron chi connectivity index (χ1n) is 8.43. The number of sulfone groups is 1. The summed E-state index contributed by atoms with van der Waals surface area (Å²) < 4.78 is 65.3. The number of pyridine rings is 2. The van der Waals surface area contributed by atoms with E-state index in [2.05, 4.69) is 25.5 Å². The molecule has 3 aromatic rings. The molecule has 3 rings (SSSR count). The predicted molar refractivity (Wildman–Crippen MR) is 99.7 cm³/mol. The van der Waals surface area contributed by atoms with Gasteiger partial charge in [0.1, 0.15) is 17.2 Å². The molecule has 0 amide bonds. The van der Waals surface area contributed by atoms with Crippen LogP contribution in [0.15, 0.2) is 35.4 Å². The maximum Gasteiger partial charge on any atom is 0.416 e. The zero-order valence-corrected chi connectivity index (χ0v) is 16.5. The van der Waals surface area contributed by atoms with Crippen LogP contribution in [0.5, 0.6) is 0 Å². The number of nitrogens with zero attached hydrogens (tertiary/aromatic N) is 5. The molecule has 0 saturated heterocycles. The number of hydrogen-bond acceptors (Lipinski definition) is 7. The lowest BCUT2D eigenvalue weighted by Crippen LogP contribution is -2.10. The third kappa shape index (κ3) is 3.92. The molecule has 0 saturated carbocycles. The predicted octanol–water partition coefficient (Wildman–Crippen LogP) is 2.79. The van der Waals surface area contributed by atoms with Crippen molar-refractivity contribution < 1.29 is 21.6 Å². The molecule has 12 heteroatoms. The molecular weight excluding hydrogens is 409 g/mol. The van der Waals surface area contributed by atoms with Gasteiger partial charge in [-0.1, -0.05) is 6.92 Å². The van der Waals surface area contributed by atoms with Crippen molar-refractivity contribution in [3.63, 3.8) is 0 Å². The van der Waals surface area contributed by atoms with Gasteiger partial charge >= 0.3 is 6.18 Å². The number of alkyl halides is 3. The SMILES string of the molecule is CCS(=O)(=O)c1ccc(NC)nc1-c1nnc(-c2cc(C(F)(F)F)ccn2)n1C. The molecule has 0 aliphatic rings. The molecule has 0 bridgehead atoms. The van der Waals surface area contributed by atoms with Crippen LogP contribution in [0.2, 0.25) is 0 Å². The molecule has 3 heterocycles. The highest BCUT2D eigenvalue weighted by Crippen LogP contribution is 2.32. The Kier molecular flexibility index (Phi) is 5.30. The number of rotatable bonds is 5. The van der Waals surface area contributed by atoms with Crippen molar-refractivity contribution in [2.24, 2.45) is 7.05 Å². The molecule has 1 N–H and O–H groups in total. The first-order valence-corrected chi connectivity index (χ1v) is 10.1. The van der Waals surface area contributed by atoms with E-state index < -0.39 is 21.6 Å². The van der Waals surface area contributed by atoms with Crippen molar-refractivity contribution in [2.75, 3.05) is 18.1 Å². The minimum Gasteiger partial charge on any atom is -0.373 e. The molecule has 0 unspecified atom stereocenters. The fourth-order valence-corrected chi connectivity index (χ4v) is 3.66. The molecule has 3 aromatic heterocycles. The summed E-state index contributed by atoms with van der Waals surface area (Å²) >= 11 is 0. The normalized spacial score (nSPS) is 12.2. The second kappa shape index (κ2) is 7.43. The van der Waals surface area contributed by atoms with Crippen LogP contribution in [-0.2, 0) is 23.1 Å². The van der Waals surface area contributed by atoms with Crippen LogP contribution < -0.4 is 5.32 Å². The van der Waals surface area contributed by atoms with E-state index in [-0.39, 0.29) is 33.7 Å². The van der Waals surface area contributed by atoms with Gasteiger partial charge in [-0.15, -0.1) is 10.2 Å².